The Bertz CT molecular complexity index is 431. The molecule has 0 bridgehead atoms. The molecule has 3 rings (SSSR count). The van der Waals surface area contributed by atoms with E-state index in [0.29, 0.717) is 0 Å². The van der Waals surface area contributed by atoms with Gasteiger partial charge in [0.1, 0.15) is 0 Å². The first kappa shape index (κ1) is 12.5. The first-order chi connectivity index (χ1) is 8.19. The van der Waals surface area contributed by atoms with Crippen molar-refractivity contribution in [2.75, 3.05) is 7.11 Å². The molecule has 0 aromatic heterocycles. The van der Waals surface area contributed by atoms with Gasteiger partial charge in [-0.25, -0.2) is 0 Å². The van der Waals surface area contributed by atoms with Crippen molar-refractivity contribution in [3.8, 4) is 0 Å². The van der Waals surface area contributed by atoms with Gasteiger partial charge in [-0.3, -0.25) is 0 Å². The van der Waals surface area contributed by atoms with E-state index in [1.807, 2.05) is 0 Å². The molecule has 1 aromatic carbocycles. The summed E-state index contributed by atoms with van der Waals surface area (Å²) < 4.78 is 5.07. The Morgan fingerprint density at radius 2 is 1.82 bits per heavy atom. The molecular formula is C15H18OSe. The minimum Gasteiger partial charge on any atom is -0.0617 e. The number of aryl methyl sites for hydroxylation is 2. The maximum absolute atomic E-state index is 5.07. The molecule has 1 fully saturated rings. The van der Waals surface area contributed by atoms with Crippen molar-refractivity contribution in [1.82, 2.24) is 0 Å². The number of ether oxygens (including phenoxy) is 1. The SMILES string of the molecule is COC1=CC2[Se]C2C=C1.Cc1cccc(C)c1. The number of hydrogen-bond donors (Lipinski definition) is 0. The minimum absolute atomic E-state index is 0.858. The van der Waals surface area contributed by atoms with Gasteiger partial charge in [0, 0.05) is 0 Å². The summed E-state index contributed by atoms with van der Waals surface area (Å²) in [6.45, 7) is 4.21. The van der Waals surface area contributed by atoms with Crippen LogP contribution in [0.1, 0.15) is 11.1 Å². The Hall–Kier alpha value is -0.981. The molecule has 17 heavy (non-hydrogen) atoms. The van der Waals surface area contributed by atoms with Gasteiger partial charge in [0.2, 0.25) is 0 Å². The van der Waals surface area contributed by atoms with E-state index in [1.54, 1.807) is 7.11 Å². The van der Waals surface area contributed by atoms with E-state index in [1.165, 1.54) is 11.1 Å². The number of benzene rings is 1. The molecule has 0 saturated carbocycles. The quantitative estimate of drug-likeness (QED) is 0.718. The summed E-state index contributed by atoms with van der Waals surface area (Å²) >= 11 is 0.858. The fraction of sp³-hybridized carbons (Fsp3) is 0.333. The van der Waals surface area contributed by atoms with Gasteiger partial charge in [0.25, 0.3) is 0 Å². The molecule has 0 radical (unpaired) electrons. The summed E-state index contributed by atoms with van der Waals surface area (Å²) in [5, 5.41) is 0. The summed E-state index contributed by atoms with van der Waals surface area (Å²) in [5.41, 5.74) is 2.68. The van der Waals surface area contributed by atoms with Crippen LogP contribution in [0.2, 0.25) is 9.63 Å². The van der Waals surface area contributed by atoms with Crippen LogP contribution in [0.25, 0.3) is 0 Å². The van der Waals surface area contributed by atoms with E-state index < -0.39 is 0 Å². The molecule has 0 amide bonds. The molecule has 1 aliphatic heterocycles. The van der Waals surface area contributed by atoms with E-state index in [4.69, 9.17) is 4.74 Å². The first-order valence-electron chi connectivity index (χ1n) is 5.82. The number of hydrogen-bond acceptors (Lipinski definition) is 1. The largest absolute Gasteiger partial charge is 0.0617 e. The average Bonchev–Trinajstić information content (AvgIpc) is 3.07. The molecule has 2 atom stereocenters. The second kappa shape index (κ2) is 5.57. The fourth-order valence-corrected chi connectivity index (χ4v) is 3.50. The summed E-state index contributed by atoms with van der Waals surface area (Å²) in [5.74, 6) is 1.05. The minimum atomic E-state index is 0.858. The standard InChI is InChI=1S/C8H10.C7H8OSe/c1-7-4-3-5-8(2)6-7;1-8-5-2-3-6-7(4-5)9-6/h3-6H,1-2H3;2-4,6-7H,1H3. The summed E-state index contributed by atoms with van der Waals surface area (Å²) in [4.78, 5) is 1.79. The van der Waals surface area contributed by atoms with Crippen molar-refractivity contribution < 1.29 is 4.74 Å². The van der Waals surface area contributed by atoms with Crippen LogP contribution >= 0.6 is 0 Å². The van der Waals surface area contributed by atoms with Crippen LogP contribution in [-0.2, 0) is 4.74 Å². The number of fused-ring (bicyclic) bond motifs is 1. The van der Waals surface area contributed by atoms with Gasteiger partial charge in [-0.2, -0.15) is 0 Å². The van der Waals surface area contributed by atoms with E-state index >= 15 is 0 Å². The normalized spacial score (nSPS) is 24.1. The van der Waals surface area contributed by atoms with Gasteiger partial charge < -0.3 is 0 Å². The first-order valence-corrected chi connectivity index (χ1v) is 7.79. The Morgan fingerprint density at radius 1 is 1.12 bits per heavy atom. The number of allylic oxidation sites excluding steroid dienone is 3. The van der Waals surface area contributed by atoms with Crippen LogP contribution in [0.15, 0.2) is 48.3 Å². The predicted octanol–water partition coefficient (Wildman–Crippen LogP) is 3.68. The van der Waals surface area contributed by atoms with Crippen LogP contribution in [0.3, 0.4) is 0 Å². The molecule has 1 nitrogen and oxygen atoms in total. The third kappa shape index (κ3) is 3.76. The van der Waals surface area contributed by atoms with Crippen LogP contribution < -0.4 is 0 Å². The Morgan fingerprint density at radius 3 is 2.29 bits per heavy atom. The van der Waals surface area contributed by atoms with Crippen molar-refractivity contribution in [1.29, 1.82) is 0 Å². The zero-order valence-corrected chi connectivity index (χ0v) is 12.2. The van der Waals surface area contributed by atoms with E-state index in [2.05, 4.69) is 56.3 Å². The maximum Gasteiger partial charge on any atom is -0.0398 e. The fourth-order valence-electron chi connectivity index (χ4n) is 1.78. The van der Waals surface area contributed by atoms with Crippen molar-refractivity contribution in [2.24, 2.45) is 0 Å². The van der Waals surface area contributed by atoms with Gasteiger partial charge in [0.15, 0.2) is 0 Å². The van der Waals surface area contributed by atoms with Crippen molar-refractivity contribution >= 4 is 15.0 Å². The molecule has 2 unspecified atom stereocenters. The van der Waals surface area contributed by atoms with E-state index in [-0.39, 0.29) is 0 Å². The van der Waals surface area contributed by atoms with Crippen LogP contribution in [0, 0.1) is 13.8 Å². The summed E-state index contributed by atoms with van der Waals surface area (Å²) in [6.07, 6.45) is 6.59. The molecule has 2 heteroatoms. The molecule has 1 aromatic rings. The monoisotopic (exact) mass is 294 g/mol. The van der Waals surface area contributed by atoms with Crippen molar-refractivity contribution in [3.05, 3.63) is 59.4 Å². The van der Waals surface area contributed by atoms with Gasteiger partial charge in [-0.15, -0.1) is 0 Å². The second-order valence-corrected chi connectivity index (χ2v) is 7.21. The molecule has 2 aliphatic rings. The molecule has 0 N–H and O–H groups in total. The Kier molecular flexibility index (Phi) is 4.09. The maximum atomic E-state index is 5.07. The molecule has 1 heterocycles. The molecule has 0 spiro atoms. The third-order valence-corrected chi connectivity index (χ3v) is 5.25. The Balaban J connectivity index is 0.000000128. The number of rotatable bonds is 1. The van der Waals surface area contributed by atoms with Crippen LogP contribution in [-0.4, -0.2) is 22.1 Å². The predicted molar refractivity (Wildman–Crippen MR) is 73.4 cm³/mol. The number of methoxy groups -OCH3 is 1. The van der Waals surface area contributed by atoms with Gasteiger partial charge >= 0.3 is 60.4 Å². The van der Waals surface area contributed by atoms with Gasteiger partial charge in [0.05, 0.1) is 0 Å². The van der Waals surface area contributed by atoms with Gasteiger partial charge in [-0.05, 0) is 13.8 Å². The smallest absolute Gasteiger partial charge is 0.0398 e. The summed E-state index contributed by atoms with van der Waals surface area (Å²) in [7, 11) is 1.73. The van der Waals surface area contributed by atoms with Gasteiger partial charge in [-0.1, -0.05) is 35.4 Å². The molecule has 90 valence electrons. The van der Waals surface area contributed by atoms with Crippen molar-refractivity contribution in [2.45, 2.75) is 23.5 Å². The van der Waals surface area contributed by atoms with Crippen LogP contribution in [0.4, 0.5) is 0 Å². The molecule has 1 aliphatic carbocycles. The summed E-state index contributed by atoms with van der Waals surface area (Å²) in [6, 6.07) is 8.45. The van der Waals surface area contributed by atoms with E-state index in [9.17, 15) is 0 Å². The zero-order valence-electron chi connectivity index (χ0n) is 10.5. The molecular weight excluding hydrogens is 275 g/mol. The average molecular weight is 293 g/mol. The molecule has 1 saturated heterocycles. The van der Waals surface area contributed by atoms with Crippen LogP contribution in [0.5, 0.6) is 0 Å². The Labute approximate surface area is 110 Å². The third-order valence-electron chi connectivity index (χ3n) is 2.75. The second-order valence-electron chi connectivity index (χ2n) is 4.36. The zero-order chi connectivity index (χ0) is 12.3. The topological polar surface area (TPSA) is 9.23 Å². The van der Waals surface area contributed by atoms with Crippen molar-refractivity contribution in [3.63, 3.8) is 0 Å². The van der Waals surface area contributed by atoms with E-state index in [0.717, 1.165) is 30.3 Å².